The van der Waals surface area contributed by atoms with E-state index in [1.807, 2.05) is 0 Å². The molecule has 3 atom stereocenters. The monoisotopic (exact) mass is 290 g/mol. The van der Waals surface area contributed by atoms with Gasteiger partial charge in [-0.15, -0.1) is 0 Å². The molecular weight excluding hydrogens is 260 g/mol. The highest BCUT2D eigenvalue weighted by atomic mass is 16.5. The molecule has 0 bridgehead atoms. The predicted molar refractivity (Wildman–Crippen MR) is 88.8 cm³/mol. The molecule has 1 aromatic carbocycles. The highest BCUT2D eigenvalue weighted by molar-refractivity contribution is 5.25. The molecule has 0 radical (unpaired) electrons. The minimum atomic E-state index is 0.133. The minimum absolute atomic E-state index is 0.133. The second kappa shape index (κ2) is 7.39. The second-order valence-electron chi connectivity index (χ2n) is 6.66. The number of morpholine rings is 1. The Hall–Kier alpha value is -0.900. The molecule has 0 spiro atoms. The number of nitrogens with one attached hydrogen (secondary N) is 1. The van der Waals surface area contributed by atoms with Crippen LogP contribution in [0, 0.1) is 0 Å². The number of benzene rings is 1. The Morgan fingerprint density at radius 1 is 1.19 bits per heavy atom. The Morgan fingerprint density at radius 2 is 1.81 bits per heavy atom. The first-order chi connectivity index (χ1) is 10.0. The van der Waals surface area contributed by atoms with E-state index in [1.165, 1.54) is 5.56 Å². The first-order valence-corrected chi connectivity index (χ1v) is 8.17. The Labute approximate surface area is 129 Å². The lowest BCUT2D eigenvalue weighted by Gasteiger charge is -2.41. The lowest BCUT2D eigenvalue weighted by atomic mass is 9.81. The molecule has 2 rings (SSSR count). The van der Waals surface area contributed by atoms with Crippen LogP contribution in [0.15, 0.2) is 30.3 Å². The van der Waals surface area contributed by atoms with Crippen molar-refractivity contribution in [2.24, 2.45) is 0 Å². The van der Waals surface area contributed by atoms with Crippen molar-refractivity contribution in [3.63, 3.8) is 0 Å². The zero-order chi connectivity index (χ0) is 15.3. The van der Waals surface area contributed by atoms with Gasteiger partial charge in [0.25, 0.3) is 0 Å². The van der Waals surface area contributed by atoms with Gasteiger partial charge in [-0.3, -0.25) is 4.90 Å². The van der Waals surface area contributed by atoms with Crippen LogP contribution in [-0.4, -0.2) is 49.8 Å². The van der Waals surface area contributed by atoms with Crippen LogP contribution < -0.4 is 5.32 Å². The van der Waals surface area contributed by atoms with E-state index >= 15 is 0 Å². The Balaban J connectivity index is 2.12. The minimum Gasteiger partial charge on any atom is -0.373 e. The molecule has 1 aromatic rings. The summed E-state index contributed by atoms with van der Waals surface area (Å²) >= 11 is 0. The number of hydrogen-bond acceptors (Lipinski definition) is 3. The molecule has 21 heavy (non-hydrogen) atoms. The van der Waals surface area contributed by atoms with Crippen LogP contribution in [0.25, 0.3) is 0 Å². The van der Waals surface area contributed by atoms with Gasteiger partial charge in [0.15, 0.2) is 0 Å². The van der Waals surface area contributed by atoms with Gasteiger partial charge in [-0.1, -0.05) is 44.2 Å². The molecule has 118 valence electrons. The summed E-state index contributed by atoms with van der Waals surface area (Å²) in [5, 5.41) is 3.54. The van der Waals surface area contributed by atoms with Crippen LogP contribution in [0.1, 0.15) is 33.3 Å². The Bertz CT molecular complexity index is 412. The number of likely N-dealkylation sites (N-methyl/N-ethyl adjacent to an activating group) is 1. The summed E-state index contributed by atoms with van der Waals surface area (Å²) < 4.78 is 5.86. The van der Waals surface area contributed by atoms with Crippen LogP contribution in [0.5, 0.6) is 0 Å². The summed E-state index contributed by atoms with van der Waals surface area (Å²) in [6, 6.07) is 10.9. The maximum atomic E-state index is 5.86. The molecule has 1 heterocycles. The van der Waals surface area contributed by atoms with Crippen LogP contribution in [-0.2, 0) is 10.2 Å². The van der Waals surface area contributed by atoms with Crippen LogP contribution in [0.3, 0.4) is 0 Å². The molecule has 1 aliphatic heterocycles. The molecule has 0 saturated carbocycles. The van der Waals surface area contributed by atoms with Crippen molar-refractivity contribution in [3.05, 3.63) is 35.9 Å². The number of nitrogens with zero attached hydrogens (tertiary/aromatic N) is 1. The third kappa shape index (κ3) is 4.53. The zero-order valence-corrected chi connectivity index (χ0v) is 13.9. The fourth-order valence-corrected chi connectivity index (χ4v) is 3.40. The molecule has 1 N–H and O–H groups in total. The van der Waals surface area contributed by atoms with Crippen molar-refractivity contribution in [2.45, 2.75) is 45.3 Å². The van der Waals surface area contributed by atoms with E-state index in [2.05, 4.69) is 68.2 Å². The second-order valence-corrected chi connectivity index (χ2v) is 6.66. The van der Waals surface area contributed by atoms with Gasteiger partial charge in [0.05, 0.1) is 12.2 Å². The zero-order valence-electron chi connectivity index (χ0n) is 13.9. The van der Waals surface area contributed by atoms with Gasteiger partial charge in [-0.05, 0) is 26.0 Å². The first kappa shape index (κ1) is 16.5. The van der Waals surface area contributed by atoms with E-state index in [0.717, 1.165) is 32.7 Å². The van der Waals surface area contributed by atoms with E-state index in [1.54, 1.807) is 0 Å². The van der Waals surface area contributed by atoms with Gasteiger partial charge in [0, 0.05) is 31.6 Å². The summed E-state index contributed by atoms with van der Waals surface area (Å²) in [5.41, 5.74) is 1.55. The quantitative estimate of drug-likeness (QED) is 0.872. The average molecular weight is 290 g/mol. The van der Waals surface area contributed by atoms with E-state index < -0.39 is 0 Å². The lowest BCUT2D eigenvalue weighted by molar-refractivity contribution is -0.0725. The van der Waals surface area contributed by atoms with E-state index in [-0.39, 0.29) is 5.41 Å². The maximum absolute atomic E-state index is 5.86. The maximum Gasteiger partial charge on any atom is 0.0678 e. The van der Waals surface area contributed by atoms with Crippen molar-refractivity contribution in [3.8, 4) is 0 Å². The fourth-order valence-electron chi connectivity index (χ4n) is 3.40. The molecular formula is C18H30N2O. The van der Waals surface area contributed by atoms with E-state index in [0.29, 0.717) is 12.2 Å². The molecule has 3 heteroatoms. The number of rotatable bonds is 6. The number of ether oxygens (including phenoxy) is 1. The normalized spacial score (nSPS) is 26.5. The van der Waals surface area contributed by atoms with Crippen LogP contribution in [0.2, 0.25) is 0 Å². The number of hydrogen-bond donors (Lipinski definition) is 1. The standard InChI is InChI=1S/C18H30N2O/c1-5-19-13-18(4,17-9-7-6-8-10-17)14-20-11-15(2)21-16(3)12-20/h6-10,15-16,19H,5,11-14H2,1-4H3/t15-,16+,18?. The highest BCUT2D eigenvalue weighted by Crippen LogP contribution is 2.26. The van der Waals surface area contributed by atoms with Crippen molar-refractivity contribution in [2.75, 3.05) is 32.7 Å². The summed E-state index contributed by atoms with van der Waals surface area (Å²) in [5.74, 6) is 0. The molecule has 0 aliphatic carbocycles. The molecule has 1 unspecified atom stereocenters. The third-order valence-electron chi connectivity index (χ3n) is 4.30. The van der Waals surface area contributed by atoms with Crippen molar-refractivity contribution >= 4 is 0 Å². The lowest BCUT2D eigenvalue weighted by Crippen LogP contribution is -2.52. The molecule has 0 aromatic heterocycles. The topological polar surface area (TPSA) is 24.5 Å². The Kier molecular flexibility index (Phi) is 5.80. The van der Waals surface area contributed by atoms with Crippen LogP contribution in [0.4, 0.5) is 0 Å². The molecule has 0 amide bonds. The van der Waals surface area contributed by atoms with Gasteiger partial charge >= 0.3 is 0 Å². The third-order valence-corrected chi connectivity index (χ3v) is 4.30. The molecule has 3 nitrogen and oxygen atoms in total. The van der Waals surface area contributed by atoms with E-state index in [9.17, 15) is 0 Å². The summed E-state index contributed by atoms with van der Waals surface area (Å²) in [6.07, 6.45) is 0.654. The largest absolute Gasteiger partial charge is 0.373 e. The van der Waals surface area contributed by atoms with Gasteiger partial charge in [0.2, 0.25) is 0 Å². The van der Waals surface area contributed by atoms with Gasteiger partial charge in [-0.2, -0.15) is 0 Å². The summed E-state index contributed by atoms with van der Waals surface area (Å²) in [7, 11) is 0. The van der Waals surface area contributed by atoms with Gasteiger partial charge in [0.1, 0.15) is 0 Å². The average Bonchev–Trinajstić information content (AvgIpc) is 2.45. The summed E-state index contributed by atoms with van der Waals surface area (Å²) in [6.45, 7) is 14.0. The van der Waals surface area contributed by atoms with Gasteiger partial charge < -0.3 is 10.1 Å². The first-order valence-electron chi connectivity index (χ1n) is 8.17. The Morgan fingerprint density at radius 3 is 2.38 bits per heavy atom. The van der Waals surface area contributed by atoms with Crippen molar-refractivity contribution < 1.29 is 4.74 Å². The molecule has 1 aliphatic rings. The fraction of sp³-hybridized carbons (Fsp3) is 0.667. The molecule has 1 saturated heterocycles. The van der Waals surface area contributed by atoms with Crippen molar-refractivity contribution in [1.29, 1.82) is 0 Å². The summed E-state index contributed by atoms with van der Waals surface area (Å²) in [4.78, 5) is 2.56. The smallest absolute Gasteiger partial charge is 0.0678 e. The van der Waals surface area contributed by atoms with E-state index in [4.69, 9.17) is 4.74 Å². The van der Waals surface area contributed by atoms with Crippen molar-refractivity contribution in [1.82, 2.24) is 10.2 Å². The SMILES string of the molecule is CCNCC(C)(CN1C[C@@H](C)O[C@@H](C)C1)c1ccccc1. The highest BCUT2D eigenvalue weighted by Gasteiger charge is 2.32. The van der Waals surface area contributed by atoms with Gasteiger partial charge in [-0.25, -0.2) is 0 Å². The predicted octanol–water partition coefficient (Wildman–Crippen LogP) is 2.66. The molecule has 1 fully saturated rings. The van der Waals surface area contributed by atoms with Crippen LogP contribution >= 0.6 is 0 Å².